The summed E-state index contributed by atoms with van der Waals surface area (Å²) in [4.78, 5) is 10.2. The molecule has 3 rings (SSSR count). The number of benzene rings is 3. The Labute approximate surface area is 160 Å². The Balaban J connectivity index is 1.78. The first-order valence-corrected chi connectivity index (χ1v) is 9.51. The summed E-state index contributed by atoms with van der Waals surface area (Å²) in [5.41, 5.74) is -0.112. The lowest BCUT2D eigenvalue weighted by atomic mass is 10.3. The standard InChI is InChI=1S/C18H13ClN2O5S/c19-17-6-1-2-7-18(17)26-15-8-10-16(11-9-15)27(24,25)20-13-4-3-5-14(12-13)21(22)23/h1-12,20H. The topological polar surface area (TPSA) is 98.5 Å². The number of anilines is 1. The molecule has 0 unspecified atom stereocenters. The molecule has 138 valence electrons. The number of sulfonamides is 1. The molecule has 3 aromatic carbocycles. The Morgan fingerprint density at radius 2 is 1.67 bits per heavy atom. The molecule has 0 aliphatic carbocycles. The van der Waals surface area contributed by atoms with Crippen LogP contribution >= 0.6 is 11.6 Å². The number of nitrogens with zero attached hydrogens (tertiary/aromatic N) is 1. The van der Waals surface area contributed by atoms with Crippen molar-refractivity contribution in [2.24, 2.45) is 0 Å². The van der Waals surface area contributed by atoms with Gasteiger partial charge in [0.25, 0.3) is 15.7 Å². The minimum atomic E-state index is -3.91. The second-order valence-corrected chi connectivity index (χ2v) is 7.51. The summed E-state index contributed by atoms with van der Waals surface area (Å²) < 4.78 is 32.9. The van der Waals surface area contributed by atoms with Crippen molar-refractivity contribution in [2.75, 3.05) is 4.72 Å². The summed E-state index contributed by atoms with van der Waals surface area (Å²) >= 11 is 6.02. The smallest absolute Gasteiger partial charge is 0.271 e. The fourth-order valence-electron chi connectivity index (χ4n) is 2.24. The molecule has 0 bridgehead atoms. The number of nitro benzene ring substituents is 1. The molecule has 0 fully saturated rings. The molecule has 0 aliphatic rings. The lowest BCUT2D eigenvalue weighted by molar-refractivity contribution is -0.384. The van der Waals surface area contributed by atoms with Crippen molar-refractivity contribution in [1.29, 1.82) is 0 Å². The summed E-state index contributed by atoms with van der Waals surface area (Å²) in [7, 11) is -3.91. The van der Waals surface area contributed by atoms with Crippen LogP contribution in [0.25, 0.3) is 0 Å². The Hall–Kier alpha value is -3.10. The number of halogens is 1. The Bertz CT molecular complexity index is 1080. The molecule has 0 amide bonds. The molecule has 0 heterocycles. The second kappa shape index (κ2) is 7.65. The first kappa shape index (κ1) is 18.7. The SMILES string of the molecule is O=[N+]([O-])c1cccc(NS(=O)(=O)c2ccc(Oc3ccccc3Cl)cc2)c1. The van der Waals surface area contributed by atoms with E-state index in [0.29, 0.717) is 16.5 Å². The maximum Gasteiger partial charge on any atom is 0.271 e. The maximum atomic E-state index is 12.5. The first-order chi connectivity index (χ1) is 12.8. The quantitative estimate of drug-likeness (QED) is 0.468. The van der Waals surface area contributed by atoms with Crippen LogP contribution in [0.4, 0.5) is 11.4 Å². The van der Waals surface area contributed by atoms with Gasteiger partial charge in [0.2, 0.25) is 0 Å². The monoisotopic (exact) mass is 404 g/mol. The molecule has 0 spiro atoms. The number of para-hydroxylation sites is 1. The number of rotatable bonds is 6. The van der Waals surface area contributed by atoms with Crippen molar-refractivity contribution in [3.8, 4) is 11.5 Å². The average molecular weight is 405 g/mol. The van der Waals surface area contributed by atoms with E-state index in [0.717, 1.165) is 6.07 Å². The second-order valence-electron chi connectivity index (χ2n) is 5.42. The Morgan fingerprint density at radius 3 is 2.33 bits per heavy atom. The average Bonchev–Trinajstić information content (AvgIpc) is 2.64. The first-order valence-electron chi connectivity index (χ1n) is 7.65. The van der Waals surface area contributed by atoms with Crippen molar-refractivity contribution in [3.05, 3.63) is 87.9 Å². The van der Waals surface area contributed by atoms with Gasteiger partial charge in [0.05, 0.1) is 20.5 Å². The van der Waals surface area contributed by atoms with Gasteiger partial charge in [0.15, 0.2) is 0 Å². The lowest BCUT2D eigenvalue weighted by Crippen LogP contribution is -2.12. The summed E-state index contributed by atoms with van der Waals surface area (Å²) in [6.45, 7) is 0. The highest BCUT2D eigenvalue weighted by Gasteiger charge is 2.16. The molecular weight excluding hydrogens is 392 g/mol. The van der Waals surface area contributed by atoms with Crippen molar-refractivity contribution in [2.45, 2.75) is 4.90 Å². The van der Waals surface area contributed by atoms with Crippen molar-refractivity contribution in [1.82, 2.24) is 0 Å². The largest absolute Gasteiger partial charge is 0.456 e. The minimum absolute atomic E-state index is 0.0134. The summed E-state index contributed by atoms with van der Waals surface area (Å²) in [5, 5.41) is 11.2. The molecule has 0 radical (unpaired) electrons. The summed E-state index contributed by atoms with van der Waals surface area (Å²) in [6, 6.07) is 17.9. The number of ether oxygens (including phenoxy) is 1. The Morgan fingerprint density at radius 1 is 0.963 bits per heavy atom. The van der Waals surface area contributed by atoms with Gasteiger partial charge >= 0.3 is 0 Å². The van der Waals surface area contributed by atoms with Crippen LogP contribution in [0.1, 0.15) is 0 Å². The highest BCUT2D eigenvalue weighted by Crippen LogP contribution is 2.29. The molecule has 0 saturated carbocycles. The van der Waals surface area contributed by atoms with Gasteiger partial charge in [0, 0.05) is 12.1 Å². The maximum absolute atomic E-state index is 12.5. The fraction of sp³-hybridized carbons (Fsp3) is 0. The molecule has 1 N–H and O–H groups in total. The molecule has 0 saturated heterocycles. The molecule has 0 aromatic heterocycles. The van der Waals surface area contributed by atoms with E-state index in [2.05, 4.69) is 4.72 Å². The van der Waals surface area contributed by atoms with E-state index < -0.39 is 14.9 Å². The van der Waals surface area contributed by atoms with E-state index in [9.17, 15) is 18.5 Å². The van der Waals surface area contributed by atoms with Crippen LogP contribution in [-0.2, 0) is 10.0 Å². The van der Waals surface area contributed by atoms with Gasteiger partial charge in [-0.3, -0.25) is 14.8 Å². The molecule has 0 atom stereocenters. The van der Waals surface area contributed by atoms with E-state index in [1.165, 1.54) is 42.5 Å². The van der Waals surface area contributed by atoms with Crippen LogP contribution in [-0.4, -0.2) is 13.3 Å². The minimum Gasteiger partial charge on any atom is -0.456 e. The predicted octanol–water partition coefficient (Wildman–Crippen LogP) is 4.84. The summed E-state index contributed by atoms with van der Waals surface area (Å²) in [6.07, 6.45) is 0. The number of hydrogen-bond acceptors (Lipinski definition) is 5. The number of hydrogen-bond donors (Lipinski definition) is 1. The van der Waals surface area contributed by atoms with Gasteiger partial charge < -0.3 is 4.74 Å². The van der Waals surface area contributed by atoms with Gasteiger partial charge in [0.1, 0.15) is 11.5 Å². The van der Waals surface area contributed by atoms with Gasteiger partial charge in [-0.05, 0) is 42.5 Å². The number of nitro groups is 1. The zero-order chi connectivity index (χ0) is 19.4. The zero-order valence-electron chi connectivity index (χ0n) is 13.7. The van der Waals surface area contributed by atoms with Crippen LogP contribution in [0.5, 0.6) is 11.5 Å². The highest BCUT2D eigenvalue weighted by atomic mass is 35.5. The van der Waals surface area contributed by atoms with Crippen LogP contribution in [0.15, 0.2) is 77.7 Å². The van der Waals surface area contributed by atoms with Crippen LogP contribution in [0, 0.1) is 10.1 Å². The van der Waals surface area contributed by atoms with Crippen LogP contribution in [0.3, 0.4) is 0 Å². The molecule has 7 nitrogen and oxygen atoms in total. The van der Waals surface area contributed by atoms with Gasteiger partial charge in [-0.1, -0.05) is 29.8 Å². The molecule has 3 aromatic rings. The van der Waals surface area contributed by atoms with Crippen LogP contribution in [0.2, 0.25) is 5.02 Å². The predicted molar refractivity (Wildman–Crippen MR) is 102 cm³/mol. The third-order valence-electron chi connectivity index (χ3n) is 3.51. The van der Waals surface area contributed by atoms with Gasteiger partial charge in [-0.2, -0.15) is 0 Å². The van der Waals surface area contributed by atoms with Crippen molar-refractivity contribution < 1.29 is 18.1 Å². The summed E-state index contributed by atoms with van der Waals surface area (Å²) in [5.74, 6) is 0.863. The number of non-ortho nitro benzene ring substituents is 1. The van der Waals surface area contributed by atoms with Gasteiger partial charge in [-0.15, -0.1) is 0 Å². The van der Waals surface area contributed by atoms with E-state index in [1.807, 2.05) is 0 Å². The molecular formula is C18H13ClN2O5S. The van der Waals surface area contributed by atoms with Gasteiger partial charge in [-0.25, -0.2) is 8.42 Å². The third kappa shape index (κ3) is 4.55. The van der Waals surface area contributed by atoms with Crippen molar-refractivity contribution in [3.63, 3.8) is 0 Å². The van der Waals surface area contributed by atoms with Crippen LogP contribution < -0.4 is 9.46 Å². The van der Waals surface area contributed by atoms with E-state index in [1.54, 1.807) is 24.3 Å². The zero-order valence-corrected chi connectivity index (χ0v) is 15.3. The molecule has 0 aliphatic heterocycles. The molecule has 9 heteroatoms. The normalized spacial score (nSPS) is 11.0. The van der Waals surface area contributed by atoms with E-state index in [-0.39, 0.29) is 16.3 Å². The number of nitrogens with one attached hydrogen (secondary N) is 1. The van der Waals surface area contributed by atoms with Crippen molar-refractivity contribution >= 4 is 33.0 Å². The third-order valence-corrected chi connectivity index (χ3v) is 5.22. The Kier molecular flexibility index (Phi) is 5.29. The lowest BCUT2D eigenvalue weighted by Gasteiger charge is -2.10. The van der Waals surface area contributed by atoms with E-state index in [4.69, 9.17) is 16.3 Å². The molecule has 27 heavy (non-hydrogen) atoms. The highest BCUT2D eigenvalue weighted by molar-refractivity contribution is 7.92. The fourth-order valence-corrected chi connectivity index (χ4v) is 3.46. The van der Waals surface area contributed by atoms with E-state index >= 15 is 0 Å².